The van der Waals surface area contributed by atoms with Gasteiger partial charge in [-0.15, -0.1) is 0 Å². The van der Waals surface area contributed by atoms with Gasteiger partial charge in [-0.2, -0.15) is 0 Å². The number of anilines is 1. The normalized spacial score (nSPS) is 19.6. The Bertz CT molecular complexity index is 548. The molecule has 1 aromatic heterocycles. The molecular formula is C11H14Cl2N2O3S. The maximum Gasteiger partial charge on any atom is 0.235 e. The quantitative estimate of drug-likeness (QED) is 0.864. The molecule has 0 aliphatic carbocycles. The number of hydrogen-bond acceptors (Lipinski definition) is 4. The van der Waals surface area contributed by atoms with Gasteiger partial charge < -0.3 is 4.74 Å². The van der Waals surface area contributed by atoms with E-state index in [1.54, 1.807) is 13.0 Å². The van der Waals surface area contributed by atoms with Crippen LogP contribution < -0.4 is 4.72 Å². The molecule has 1 unspecified atom stereocenters. The van der Waals surface area contributed by atoms with Gasteiger partial charge in [-0.05, 0) is 31.4 Å². The number of halogens is 2. The summed E-state index contributed by atoms with van der Waals surface area (Å²) in [6.07, 6.45) is 1.39. The molecule has 1 aliphatic heterocycles. The third kappa shape index (κ3) is 3.95. The number of nitrogens with one attached hydrogen (secondary N) is 1. The topological polar surface area (TPSA) is 68.3 Å². The van der Waals surface area contributed by atoms with Crippen LogP contribution in [0.4, 0.5) is 5.69 Å². The molecular weight excluding hydrogens is 311 g/mol. The largest absolute Gasteiger partial charge is 0.377 e. The van der Waals surface area contributed by atoms with E-state index in [1.807, 2.05) is 0 Å². The number of aromatic nitrogens is 1. The lowest BCUT2D eigenvalue weighted by molar-refractivity contribution is 0.127. The molecule has 0 saturated carbocycles. The Morgan fingerprint density at radius 3 is 2.84 bits per heavy atom. The number of rotatable bonds is 4. The SMILES string of the molecule is Cc1cc(Cl)nc(Cl)c1NS(=O)(=O)CC1CCCO1. The van der Waals surface area contributed by atoms with Crippen LogP contribution in [0.15, 0.2) is 6.07 Å². The molecule has 2 rings (SSSR count). The van der Waals surface area contributed by atoms with Gasteiger partial charge in [-0.1, -0.05) is 23.2 Å². The smallest absolute Gasteiger partial charge is 0.235 e. The van der Waals surface area contributed by atoms with Crippen molar-refractivity contribution in [2.24, 2.45) is 0 Å². The lowest BCUT2D eigenvalue weighted by Gasteiger charge is -2.14. The van der Waals surface area contributed by atoms with Crippen molar-refractivity contribution in [1.29, 1.82) is 0 Å². The third-order valence-electron chi connectivity index (χ3n) is 2.83. The van der Waals surface area contributed by atoms with Crippen LogP contribution in [0, 0.1) is 6.92 Å². The van der Waals surface area contributed by atoms with E-state index >= 15 is 0 Å². The van der Waals surface area contributed by atoms with E-state index in [2.05, 4.69) is 9.71 Å². The summed E-state index contributed by atoms with van der Waals surface area (Å²) in [5, 5.41) is 0.269. The molecule has 0 amide bonds. The Balaban J connectivity index is 2.15. The molecule has 0 spiro atoms. The molecule has 106 valence electrons. The number of hydrogen-bond donors (Lipinski definition) is 1. The maximum absolute atomic E-state index is 12.0. The van der Waals surface area contributed by atoms with E-state index in [4.69, 9.17) is 27.9 Å². The first-order chi connectivity index (χ1) is 8.87. The van der Waals surface area contributed by atoms with Crippen LogP contribution >= 0.6 is 23.2 Å². The monoisotopic (exact) mass is 324 g/mol. The molecule has 0 radical (unpaired) electrons. The second-order valence-electron chi connectivity index (χ2n) is 4.45. The average molecular weight is 325 g/mol. The van der Waals surface area contributed by atoms with Crippen LogP contribution in [-0.2, 0) is 14.8 Å². The van der Waals surface area contributed by atoms with Crippen molar-refractivity contribution in [2.75, 3.05) is 17.1 Å². The van der Waals surface area contributed by atoms with Crippen LogP contribution in [0.2, 0.25) is 10.3 Å². The van der Waals surface area contributed by atoms with Gasteiger partial charge in [0.25, 0.3) is 0 Å². The van der Waals surface area contributed by atoms with Gasteiger partial charge in [0.05, 0.1) is 17.5 Å². The van der Waals surface area contributed by atoms with Crippen molar-refractivity contribution in [3.05, 3.63) is 21.9 Å². The van der Waals surface area contributed by atoms with Gasteiger partial charge in [-0.3, -0.25) is 4.72 Å². The fourth-order valence-electron chi connectivity index (χ4n) is 1.94. The number of aryl methyl sites for hydroxylation is 1. The average Bonchev–Trinajstić information content (AvgIpc) is 2.75. The highest BCUT2D eigenvalue weighted by Gasteiger charge is 2.24. The van der Waals surface area contributed by atoms with Crippen molar-refractivity contribution in [3.8, 4) is 0 Å². The highest BCUT2D eigenvalue weighted by Crippen LogP contribution is 2.27. The maximum atomic E-state index is 12.0. The van der Waals surface area contributed by atoms with Crippen LogP contribution in [0.3, 0.4) is 0 Å². The Kier molecular flexibility index (Phi) is 4.55. The Morgan fingerprint density at radius 2 is 2.26 bits per heavy atom. The van der Waals surface area contributed by atoms with Gasteiger partial charge >= 0.3 is 0 Å². The zero-order chi connectivity index (χ0) is 14.0. The third-order valence-corrected chi connectivity index (χ3v) is 4.62. The van der Waals surface area contributed by atoms with Gasteiger partial charge in [0.15, 0.2) is 5.15 Å². The highest BCUT2D eigenvalue weighted by atomic mass is 35.5. The van der Waals surface area contributed by atoms with Crippen molar-refractivity contribution >= 4 is 38.9 Å². The van der Waals surface area contributed by atoms with Gasteiger partial charge in [0.2, 0.25) is 10.0 Å². The predicted molar refractivity (Wildman–Crippen MR) is 75.4 cm³/mol. The molecule has 1 atom stereocenters. The van der Waals surface area contributed by atoms with Crippen LogP contribution in [0.5, 0.6) is 0 Å². The second kappa shape index (κ2) is 5.83. The summed E-state index contributed by atoms with van der Waals surface area (Å²) >= 11 is 11.6. The van der Waals surface area contributed by atoms with E-state index in [9.17, 15) is 8.42 Å². The summed E-state index contributed by atoms with van der Waals surface area (Å²) < 4.78 is 31.8. The standard InChI is InChI=1S/C11H14Cl2N2O3S/c1-7-5-9(12)14-11(13)10(7)15-19(16,17)6-8-3-2-4-18-8/h5,8,15H,2-4,6H2,1H3. The fraction of sp³-hybridized carbons (Fsp3) is 0.545. The molecule has 8 heteroatoms. The molecule has 1 aliphatic rings. The van der Waals surface area contributed by atoms with E-state index in [0.717, 1.165) is 12.8 Å². The molecule has 5 nitrogen and oxygen atoms in total. The number of ether oxygens (including phenoxy) is 1. The highest BCUT2D eigenvalue weighted by molar-refractivity contribution is 7.92. The van der Waals surface area contributed by atoms with E-state index in [1.165, 1.54) is 0 Å². The lowest BCUT2D eigenvalue weighted by atomic mass is 10.3. The first kappa shape index (κ1) is 14.8. The molecule has 2 heterocycles. The summed E-state index contributed by atoms with van der Waals surface area (Å²) in [5.41, 5.74) is 0.893. The van der Waals surface area contributed by atoms with Crippen molar-refractivity contribution in [3.63, 3.8) is 0 Å². The predicted octanol–water partition coefficient (Wildman–Crippen LogP) is 2.62. The summed E-state index contributed by atoms with van der Waals surface area (Å²) in [6.45, 7) is 2.33. The molecule has 1 fully saturated rings. The van der Waals surface area contributed by atoms with Gasteiger partial charge in [-0.25, -0.2) is 13.4 Å². The summed E-state index contributed by atoms with van der Waals surface area (Å²) in [5.74, 6) is -0.0780. The number of pyridine rings is 1. The minimum atomic E-state index is -3.52. The van der Waals surface area contributed by atoms with Crippen molar-refractivity contribution in [1.82, 2.24) is 4.98 Å². The van der Waals surface area contributed by atoms with Crippen LogP contribution in [0.1, 0.15) is 18.4 Å². The Hall–Kier alpha value is -0.560. The lowest BCUT2D eigenvalue weighted by Crippen LogP contribution is -2.26. The van der Waals surface area contributed by atoms with E-state index in [-0.39, 0.29) is 27.9 Å². The molecule has 1 aromatic rings. The molecule has 0 bridgehead atoms. The molecule has 19 heavy (non-hydrogen) atoms. The van der Waals surface area contributed by atoms with Crippen LogP contribution in [0.25, 0.3) is 0 Å². The minimum absolute atomic E-state index is 0.0425. The Morgan fingerprint density at radius 1 is 1.53 bits per heavy atom. The number of sulfonamides is 1. The first-order valence-electron chi connectivity index (χ1n) is 5.82. The second-order valence-corrected chi connectivity index (χ2v) is 6.96. The molecule has 1 saturated heterocycles. The summed E-state index contributed by atoms with van der Waals surface area (Å²) in [7, 11) is -3.52. The zero-order valence-electron chi connectivity index (χ0n) is 10.3. The van der Waals surface area contributed by atoms with E-state index in [0.29, 0.717) is 12.2 Å². The zero-order valence-corrected chi connectivity index (χ0v) is 12.6. The van der Waals surface area contributed by atoms with Crippen molar-refractivity contribution in [2.45, 2.75) is 25.9 Å². The fourth-order valence-corrected chi connectivity index (χ4v) is 3.97. The summed E-state index contributed by atoms with van der Waals surface area (Å²) in [4.78, 5) is 3.82. The van der Waals surface area contributed by atoms with E-state index < -0.39 is 10.0 Å². The van der Waals surface area contributed by atoms with Crippen LogP contribution in [-0.4, -0.2) is 31.9 Å². The molecule has 0 aromatic carbocycles. The number of nitrogens with zero attached hydrogens (tertiary/aromatic N) is 1. The summed E-state index contributed by atoms with van der Waals surface area (Å²) in [6, 6.07) is 1.55. The minimum Gasteiger partial charge on any atom is -0.377 e. The first-order valence-corrected chi connectivity index (χ1v) is 8.23. The molecule has 1 N–H and O–H groups in total. The van der Waals surface area contributed by atoms with Crippen molar-refractivity contribution < 1.29 is 13.2 Å². The van der Waals surface area contributed by atoms with Gasteiger partial charge in [0.1, 0.15) is 5.15 Å². The van der Waals surface area contributed by atoms with Gasteiger partial charge in [0, 0.05) is 6.61 Å². The Labute approximate surface area is 122 Å².